The minimum Gasteiger partial charge on any atom is -0.314 e. The number of pyridine rings is 1. The SMILES string of the molecule is CC(=O)c1nn(CC(=O)N2[C@H](C(=O)Nc3nc(Br)ccc3C)C[C@@]3(CC#N)C#C[C@@H]23)c2c(C)cc(-c3cnc(C)nc3)cc12. The molecule has 12 heteroatoms. The predicted octanol–water partition coefficient (Wildman–Crippen LogP) is 4.30. The van der Waals surface area contributed by atoms with Crippen LogP contribution in [0, 0.1) is 49.4 Å². The van der Waals surface area contributed by atoms with E-state index in [1.165, 1.54) is 16.5 Å². The van der Waals surface area contributed by atoms with Gasteiger partial charge in [0.1, 0.15) is 40.6 Å². The van der Waals surface area contributed by atoms with Crippen molar-refractivity contribution >= 4 is 50.2 Å². The van der Waals surface area contributed by atoms with Gasteiger partial charge in [0.15, 0.2) is 5.78 Å². The lowest BCUT2D eigenvalue weighted by Gasteiger charge is -2.35. The fourth-order valence-electron chi connectivity index (χ4n) is 6.00. The molecule has 1 aromatic carbocycles. The monoisotopic (exact) mass is 650 g/mol. The molecule has 1 N–H and O–H groups in total. The van der Waals surface area contributed by atoms with Crippen LogP contribution in [0.5, 0.6) is 0 Å². The van der Waals surface area contributed by atoms with Crippen LogP contribution < -0.4 is 5.32 Å². The van der Waals surface area contributed by atoms with Crippen LogP contribution in [0.25, 0.3) is 22.0 Å². The maximum absolute atomic E-state index is 14.1. The van der Waals surface area contributed by atoms with Crippen molar-refractivity contribution in [2.75, 3.05) is 5.32 Å². The zero-order valence-electron chi connectivity index (χ0n) is 24.5. The Hall–Kier alpha value is -4.94. The Morgan fingerprint density at radius 2 is 1.89 bits per heavy atom. The lowest BCUT2D eigenvalue weighted by atomic mass is 9.72. The van der Waals surface area contributed by atoms with Crippen molar-refractivity contribution in [3.63, 3.8) is 0 Å². The molecule has 1 fully saturated rings. The number of amides is 2. The second-order valence-electron chi connectivity index (χ2n) is 11.2. The third-order valence-electron chi connectivity index (χ3n) is 8.21. The molecule has 0 radical (unpaired) electrons. The van der Waals surface area contributed by atoms with E-state index in [1.807, 2.05) is 32.0 Å². The van der Waals surface area contributed by atoms with Gasteiger partial charge in [0.05, 0.1) is 23.4 Å². The first-order chi connectivity index (χ1) is 21.0. The molecule has 2 amide bonds. The number of benzene rings is 1. The molecule has 6 rings (SSSR count). The van der Waals surface area contributed by atoms with E-state index in [0.29, 0.717) is 27.1 Å². The largest absolute Gasteiger partial charge is 0.314 e. The van der Waals surface area contributed by atoms with Crippen LogP contribution in [-0.4, -0.2) is 59.3 Å². The van der Waals surface area contributed by atoms with Crippen LogP contribution in [0.2, 0.25) is 0 Å². The van der Waals surface area contributed by atoms with Crippen molar-refractivity contribution in [3.05, 3.63) is 63.9 Å². The number of hydrogen-bond donors (Lipinski definition) is 1. The molecule has 11 nitrogen and oxygen atoms in total. The molecule has 3 atom stereocenters. The van der Waals surface area contributed by atoms with Gasteiger partial charge < -0.3 is 10.2 Å². The highest BCUT2D eigenvalue weighted by Gasteiger charge is 2.58. The number of nitrogens with one attached hydrogen (secondary N) is 1. The summed E-state index contributed by atoms with van der Waals surface area (Å²) in [6.45, 7) is 6.73. The minimum absolute atomic E-state index is 0.0934. The molecule has 1 saturated heterocycles. The summed E-state index contributed by atoms with van der Waals surface area (Å²) in [7, 11) is 0. The summed E-state index contributed by atoms with van der Waals surface area (Å²) >= 11 is 3.34. The number of halogens is 1. The highest BCUT2D eigenvalue weighted by Crippen LogP contribution is 2.47. The number of aromatic nitrogens is 5. The normalized spacial score (nSPS) is 19.9. The standard InChI is InChI=1S/C32H27BrN8O3/c1-17-5-6-26(33)37-30(17)38-31(44)24-13-32(9-10-34)8-7-25(32)41(24)27(43)16-40-29-18(2)11-21(22-14-35-20(4)36-15-22)12-23(29)28(39-40)19(3)42/h5-6,11-12,14-15,24-25H,9,13,16H2,1-4H3,(H,37,38,44)/t24-,25+,32-/m0/s1. The second-order valence-corrected chi connectivity index (χ2v) is 12.1. The third-order valence-corrected chi connectivity index (χ3v) is 8.65. The summed E-state index contributed by atoms with van der Waals surface area (Å²) in [5.74, 6) is 6.07. The number of carbonyl (C=O) groups is 3. The van der Waals surface area contributed by atoms with E-state index in [1.54, 1.807) is 25.4 Å². The van der Waals surface area contributed by atoms with Crippen molar-refractivity contribution in [2.45, 2.75) is 59.2 Å². The molecule has 4 aromatic rings. The number of anilines is 1. The van der Waals surface area contributed by atoms with Gasteiger partial charge >= 0.3 is 0 Å². The summed E-state index contributed by atoms with van der Waals surface area (Å²) in [5, 5.41) is 17.6. The lowest BCUT2D eigenvalue weighted by Crippen LogP contribution is -2.51. The molecule has 1 aliphatic heterocycles. The average Bonchev–Trinajstić information content (AvgIpc) is 3.44. The number of ketones is 1. The van der Waals surface area contributed by atoms with Crippen molar-refractivity contribution in [2.24, 2.45) is 5.41 Å². The van der Waals surface area contributed by atoms with E-state index < -0.39 is 29.3 Å². The van der Waals surface area contributed by atoms with Crippen LogP contribution in [0.1, 0.15) is 47.2 Å². The van der Waals surface area contributed by atoms with Crippen molar-refractivity contribution in [1.82, 2.24) is 29.6 Å². The van der Waals surface area contributed by atoms with Crippen molar-refractivity contribution in [3.8, 4) is 29.0 Å². The number of nitrogens with zero attached hydrogens (tertiary/aromatic N) is 7. The Bertz CT molecular complexity index is 1980. The fourth-order valence-corrected chi connectivity index (χ4v) is 6.31. The van der Waals surface area contributed by atoms with Gasteiger partial charge in [0, 0.05) is 30.3 Å². The molecule has 0 saturated carbocycles. The van der Waals surface area contributed by atoms with Gasteiger partial charge in [-0.3, -0.25) is 19.1 Å². The summed E-state index contributed by atoms with van der Waals surface area (Å²) in [5.41, 5.74) is 3.26. The highest BCUT2D eigenvalue weighted by molar-refractivity contribution is 9.10. The fraction of sp³-hybridized carbons (Fsp3) is 0.312. The van der Waals surface area contributed by atoms with Crippen molar-refractivity contribution < 1.29 is 14.4 Å². The van der Waals surface area contributed by atoms with Gasteiger partial charge in [-0.2, -0.15) is 10.4 Å². The number of carbonyl (C=O) groups excluding carboxylic acids is 3. The quantitative estimate of drug-likeness (QED) is 0.177. The van der Waals surface area contributed by atoms with Gasteiger partial charge in [-0.05, 0) is 78.0 Å². The maximum Gasteiger partial charge on any atom is 0.248 e. The van der Waals surface area contributed by atoms with E-state index in [-0.39, 0.29) is 30.9 Å². The van der Waals surface area contributed by atoms with E-state index in [0.717, 1.165) is 22.3 Å². The molecule has 220 valence electrons. The Balaban J connectivity index is 1.36. The maximum atomic E-state index is 14.1. The van der Waals surface area contributed by atoms with E-state index >= 15 is 0 Å². The molecule has 4 heterocycles. The van der Waals surface area contributed by atoms with Crippen LogP contribution >= 0.6 is 15.9 Å². The Morgan fingerprint density at radius 3 is 2.55 bits per heavy atom. The lowest BCUT2D eigenvalue weighted by molar-refractivity contribution is -0.138. The molecule has 0 spiro atoms. The van der Waals surface area contributed by atoms with Gasteiger partial charge in [-0.25, -0.2) is 15.0 Å². The number of aryl methyl sites for hydroxylation is 3. The average molecular weight is 652 g/mol. The van der Waals surface area contributed by atoms with Gasteiger partial charge in [0.25, 0.3) is 0 Å². The second kappa shape index (κ2) is 11.0. The smallest absolute Gasteiger partial charge is 0.248 e. The van der Waals surface area contributed by atoms with Crippen LogP contribution in [0.15, 0.2) is 41.3 Å². The van der Waals surface area contributed by atoms with Crippen LogP contribution in [0.4, 0.5) is 5.82 Å². The first-order valence-corrected chi connectivity index (χ1v) is 14.8. The number of hydrogen-bond acceptors (Lipinski definition) is 8. The molecular formula is C32H27BrN8O3. The third kappa shape index (κ3) is 4.91. The molecule has 2 aliphatic rings. The zero-order chi connectivity index (χ0) is 31.3. The van der Waals surface area contributed by atoms with E-state index in [4.69, 9.17) is 0 Å². The zero-order valence-corrected chi connectivity index (χ0v) is 26.1. The van der Waals surface area contributed by atoms with E-state index in [2.05, 4.69) is 59.2 Å². The summed E-state index contributed by atoms with van der Waals surface area (Å²) < 4.78 is 2.08. The van der Waals surface area contributed by atoms with Crippen LogP contribution in [0.3, 0.4) is 0 Å². The Morgan fingerprint density at radius 1 is 1.14 bits per heavy atom. The first kappa shape index (κ1) is 29.1. The summed E-state index contributed by atoms with van der Waals surface area (Å²) in [6.07, 6.45) is 3.76. The highest BCUT2D eigenvalue weighted by atomic mass is 79.9. The number of nitriles is 1. The minimum atomic E-state index is -0.896. The number of likely N-dealkylation sites (tertiary alicyclic amines) is 1. The van der Waals surface area contributed by atoms with Crippen molar-refractivity contribution in [1.29, 1.82) is 5.26 Å². The molecule has 0 bridgehead atoms. The van der Waals surface area contributed by atoms with Gasteiger partial charge in [-0.15, -0.1) is 0 Å². The molecule has 44 heavy (non-hydrogen) atoms. The van der Waals surface area contributed by atoms with Gasteiger partial charge in [-0.1, -0.05) is 17.9 Å². The van der Waals surface area contributed by atoms with Crippen LogP contribution in [-0.2, 0) is 16.1 Å². The topological polar surface area (TPSA) is 147 Å². The Labute approximate surface area is 261 Å². The molecule has 0 unspecified atom stereocenters. The number of Topliss-reactive ketones (excluding diaryl/α,β-unsaturated/α-hetero) is 1. The number of fused-ring (bicyclic) bond motifs is 2. The first-order valence-electron chi connectivity index (χ1n) is 14.0. The molecule has 3 aromatic heterocycles. The molecule has 1 aliphatic carbocycles. The predicted molar refractivity (Wildman–Crippen MR) is 165 cm³/mol. The van der Waals surface area contributed by atoms with Gasteiger partial charge in [0.2, 0.25) is 11.8 Å². The number of rotatable bonds is 7. The Kier molecular flexibility index (Phi) is 7.26. The summed E-state index contributed by atoms with van der Waals surface area (Å²) in [6, 6.07) is 8.09. The van der Waals surface area contributed by atoms with E-state index in [9.17, 15) is 19.6 Å². The summed E-state index contributed by atoms with van der Waals surface area (Å²) in [4.78, 5) is 54.9. The molecular weight excluding hydrogens is 624 g/mol.